The van der Waals surface area contributed by atoms with Crippen molar-refractivity contribution in [2.45, 2.75) is 37.5 Å². The SMILES string of the molecule is CCCCSc1ncc(CN2CCN3C(=O)CN(C)C(=O)[C@H]3C2)cn1. The van der Waals surface area contributed by atoms with Gasteiger partial charge in [-0.25, -0.2) is 9.97 Å². The third-order valence-electron chi connectivity index (χ3n) is 4.64. The molecule has 1 aromatic rings. The van der Waals surface area contributed by atoms with E-state index in [1.165, 1.54) is 17.7 Å². The molecule has 3 rings (SSSR count). The zero-order chi connectivity index (χ0) is 17.8. The first-order chi connectivity index (χ1) is 12.1. The van der Waals surface area contributed by atoms with Crippen molar-refractivity contribution in [3.05, 3.63) is 18.0 Å². The fourth-order valence-corrected chi connectivity index (χ4v) is 4.05. The molecule has 2 aliphatic heterocycles. The van der Waals surface area contributed by atoms with E-state index in [0.29, 0.717) is 19.6 Å². The molecule has 2 amide bonds. The van der Waals surface area contributed by atoms with E-state index in [0.717, 1.165) is 23.0 Å². The van der Waals surface area contributed by atoms with E-state index in [1.54, 1.807) is 23.7 Å². The highest BCUT2D eigenvalue weighted by Gasteiger charge is 2.41. The van der Waals surface area contributed by atoms with Crippen LogP contribution in [0, 0.1) is 0 Å². The molecule has 0 radical (unpaired) electrons. The molecular formula is C17H25N5O2S. The molecule has 0 bridgehead atoms. The Kier molecular flexibility index (Phi) is 5.90. The van der Waals surface area contributed by atoms with E-state index < -0.39 is 0 Å². The van der Waals surface area contributed by atoms with Gasteiger partial charge in [0.15, 0.2) is 5.16 Å². The first-order valence-electron chi connectivity index (χ1n) is 8.79. The molecule has 8 heteroatoms. The molecule has 2 aliphatic rings. The number of carbonyl (C=O) groups excluding carboxylic acids is 2. The first-order valence-corrected chi connectivity index (χ1v) is 9.77. The van der Waals surface area contributed by atoms with Crippen LogP contribution in [0.1, 0.15) is 25.3 Å². The molecule has 2 fully saturated rings. The van der Waals surface area contributed by atoms with E-state index in [9.17, 15) is 9.59 Å². The maximum atomic E-state index is 12.4. The minimum Gasteiger partial charge on any atom is -0.335 e. The van der Waals surface area contributed by atoms with Crippen LogP contribution in [0.3, 0.4) is 0 Å². The van der Waals surface area contributed by atoms with Gasteiger partial charge in [0.25, 0.3) is 0 Å². The Morgan fingerprint density at radius 2 is 2.00 bits per heavy atom. The van der Waals surface area contributed by atoms with Gasteiger partial charge in [-0.05, 0) is 6.42 Å². The lowest BCUT2D eigenvalue weighted by molar-refractivity contribution is -0.158. The lowest BCUT2D eigenvalue weighted by Crippen LogP contribution is -2.65. The highest BCUT2D eigenvalue weighted by atomic mass is 32.2. The van der Waals surface area contributed by atoms with E-state index in [-0.39, 0.29) is 24.4 Å². The lowest BCUT2D eigenvalue weighted by atomic mass is 10.1. The second kappa shape index (κ2) is 8.14. The standard InChI is InChI=1S/C17H25N5O2S/c1-3-4-7-25-17-18-8-13(9-19-17)10-21-5-6-22-14(11-21)16(24)20(2)12-15(22)23/h8-9,14H,3-7,10-12H2,1-2H3/t14-/m1/s1. The van der Waals surface area contributed by atoms with Gasteiger partial charge < -0.3 is 9.80 Å². The van der Waals surface area contributed by atoms with E-state index in [2.05, 4.69) is 21.8 Å². The van der Waals surface area contributed by atoms with Crippen molar-refractivity contribution in [3.8, 4) is 0 Å². The zero-order valence-corrected chi connectivity index (χ0v) is 15.7. The van der Waals surface area contributed by atoms with Crippen molar-refractivity contribution in [1.29, 1.82) is 0 Å². The normalized spacial score (nSPS) is 21.6. The number of aromatic nitrogens is 2. The molecule has 0 saturated carbocycles. The molecule has 0 unspecified atom stereocenters. The van der Waals surface area contributed by atoms with Gasteiger partial charge in [-0.3, -0.25) is 14.5 Å². The number of carbonyl (C=O) groups is 2. The fraction of sp³-hybridized carbons (Fsp3) is 0.647. The third kappa shape index (κ3) is 4.30. The summed E-state index contributed by atoms with van der Waals surface area (Å²) in [6.45, 7) is 5.02. The van der Waals surface area contributed by atoms with Crippen LogP contribution < -0.4 is 0 Å². The van der Waals surface area contributed by atoms with Crippen molar-refractivity contribution >= 4 is 23.6 Å². The van der Waals surface area contributed by atoms with Gasteiger partial charge in [0.05, 0.1) is 6.54 Å². The summed E-state index contributed by atoms with van der Waals surface area (Å²) in [5.41, 5.74) is 1.04. The van der Waals surface area contributed by atoms with Crippen molar-refractivity contribution in [2.24, 2.45) is 0 Å². The van der Waals surface area contributed by atoms with E-state index in [4.69, 9.17) is 0 Å². The Morgan fingerprint density at radius 3 is 2.72 bits per heavy atom. The largest absolute Gasteiger partial charge is 0.335 e. The van der Waals surface area contributed by atoms with Crippen LogP contribution >= 0.6 is 11.8 Å². The van der Waals surface area contributed by atoms with Gasteiger partial charge in [0, 0.05) is 56.9 Å². The lowest BCUT2D eigenvalue weighted by Gasteiger charge is -2.45. The number of hydrogen-bond donors (Lipinski definition) is 0. The average molecular weight is 363 g/mol. The quantitative estimate of drug-likeness (QED) is 0.424. The highest BCUT2D eigenvalue weighted by Crippen LogP contribution is 2.19. The second-order valence-electron chi connectivity index (χ2n) is 6.61. The average Bonchev–Trinajstić information content (AvgIpc) is 2.61. The molecule has 0 aromatic carbocycles. The minimum absolute atomic E-state index is 0.0308. The van der Waals surface area contributed by atoms with Gasteiger partial charge >= 0.3 is 0 Å². The summed E-state index contributed by atoms with van der Waals surface area (Å²) in [6, 6.07) is -0.357. The topological polar surface area (TPSA) is 69.6 Å². The molecule has 7 nitrogen and oxygen atoms in total. The van der Waals surface area contributed by atoms with Crippen molar-refractivity contribution in [1.82, 2.24) is 24.7 Å². The molecule has 0 aliphatic carbocycles. The van der Waals surface area contributed by atoms with Crippen LogP contribution in [0.2, 0.25) is 0 Å². The number of unbranched alkanes of at least 4 members (excludes halogenated alkanes) is 1. The molecule has 1 aromatic heterocycles. The molecule has 136 valence electrons. The number of fused-ring (bicyclic) bond motifs is 1. The van der Waals surface area contributed by atoms with E-state index in [1.807, 2.05) is 12.4 Å². The Balaban J connectivity index is 1.57. The van der Waals surface area contributed by atoms with Crippen LogP contribution in [0.4, 0.5) is 0 Å². The predicted molar refractivity (Wildman–Crippen MR) is 96.1 cm³/mol. The summed E-state index contributed by atoms with van der Waals surface area (Å²) in [7, 11) is 1.69. The van der Waals surface area contributed by atoms with Crippen LogP contribution in [-0.4, -0.2) is 81.5 Å². The number of amides is 2. The van der Waals surface area contributed by atoms with Crippen LogP contribution in [-0.2, 0) is 16.1 Å². The smallest absolute Gasteiger partial charge is 0.246 e. The van der Waals surface area contributed by atoms with E-state index >= 15 is 0 Å². The summed E-state index contributed by atoms with van der Waals surface area (Å²) in [4.78, 5) is 38.7. The van der Waals surface area contributed by atoms with Gasteiger partial charge in [0.2, 0.25) is 11.8 Å². The molecular weight excluding hydrogens is 338 g/mol. The molecule has 2 saturated heterocycles. The fourth-order valence-electron chi connectivity index (χ4n) is 3.18. The number of thioether (sulfide) groups is 1. The number of piperazine rings is 2. The van der Waals surface area contributed by atoms with Gasteiger partial charge in [-0.15, -0.1) is 0 Å². The Labute approximate surface area is 152 Å². The van der Waals surface area contributed by atoms with Gasteiger partial charge in [0.1, 0.15) is 6.04 Å². The van der Waals surface area contributed by atoms with Crippen LogP contribution in [0.15, 0.2) is 17.6 Å². The van der Waals surface area contributed by atoms with Gasteiger partial charge in [-0.1, -0.05) is 25.1 Å². The molecule has 25 heavy (non-hydrogen) atoms. The Hall–Kier alpha value is -1.67. The summed E-state index contributed by atoms with van der Waals surface area (Å²) in [5.74, 6) is 1.12. The Bertz CT molecular complexity index is 624. The number of rotatable bonds is 6. The molecule has 1 atom stereocenters. The Morgan fingerprint density at radius 1 is 1.24 bits per heavy atom. The first kappa shape index (κ1) is 18.1. The second-order valence-corrected chi connectivity index (χ2v) is 7.67. The maximum absolute atomic E-state index is 12.4. The summed E-state index contributed by atoms with van der Waals surface area (Å²) < 4.78 is 0. The molecule has 0 N–H and O–H groups in total. The third-order valence-corrected chi connectivity index (χ3v) is 5.60. The number of hydrogen-bond acceptors (Lipinski definition) is 6. The minimum atomic E-state index is -0.357. The van der Waals surface area contributed by atoms with Crippen molar-refractivity contribution in [2.75, 3.05) is 39.0 Å². The highest BCUT2D eigenvalue weighted by molar-refractivity contribution is 7.99. The summed E-state index contributed by atoms with van der Waals surface area (Å²) >= 11 is 1.69. The van der Waals surface area contributed by atoms with Crippen LogP contribution in [0.5, 0.6) is 0 Å². The monoisotopic (exact) mass is 363 g/mol. The molecule has 0 spiro atoms. The predicted octanol–water partition coefficient (Wildman–Crippen LogP) is 0.854. The zero-order valence-electron chi connectivity index (χ0n) is 14.8. The van der Waals surface area contributed by atoms with Gasteiger partial charge in [-0.2, -0.15) is 0 Å². The number of nitrogens with zero attached hydrogens (tertiary/aromatic N) is 5. The summed E-state index contributed by atoms with van der Waals surface area (Å²) in [6.07, 6.45) is 6.08. The van der Waals surface area contributed by atoms with Crippen LogP contribution in [0.25, 0.3) is 0 Å². The van der Waals surface area contributed by atoms with Crippen molar-refractivity contribution < 1.29 is 9.59 Å². The maximum Gasteiger partial charge on any atom is 0.246 e. The number of likely N-dealkylation sites (N-methyl/N-ethyl adjacent to an activating group) is 1. The molecule has 3 heterocycles. The van der Waals surface area contributed by atoms with Crippen molar-refractivity contribution in [3.63, 3.8) is 0 Å². The summed E-state index contributed by atoms with van der Waals surface area (Å²) in [5, 5.41) is 0.816.